The van der Waals surface area contributed by atoms with E-state index >= 15 is 0 Å². The maximum absolute atomic E-state index is 4.63. The first-order valence-corrected chi connectivity index (χ1v) is 8.49. The fraction of sp³-hybridized carbons (Fsp3) is 0.300. The van der Waals surface area contributed by atoms with Crippen molar-refractivity contribution in [1.82, 2.24) is 0 Å². The molecule has 3 rings (SSSR count). The van der Waals surface area contributed by atoms with Crippen molar-refractivity contribution in [3.05, 3.63) is 60.7 Å². The summed E-state index contributed by atoms with van der Waals surface area (Å²) in [6.07, 6.45) is 1.89. The Kier molecular flexibility index (Phi) is 5.26. The van der Waals surface area contributed by atoms with Crippen LogP contribution >= 0.6 is 0 Å². The summed E-state index contributed by atoms with van der Waals surface area (Å²) >= 11 is 0. The highest BCUT2D eigenvalue weighted by Gasteiger charge is 2.28. The fourth-order valence-corrected chi connectivity index (χ4v) is 2.90. The van der Waals surface area contributed by atoms with Gasteiger partial charge in [0.15, 0.2) is 0 Å². The average Bonchev–Trinajstić information content (AvgIpc) is 2.64. The fourth-order valence-electron chi connectivity index (χ4n) is 2.90. The van der Waals surface area contributed by atoms with Crippen LogP contribution in [0, 0.1) is 11.8 Å². The summed E-state index contributed by atoms with van der Waals surface area (Å²) in [7, 11) is 0. The number of nitrogens with zero attached hydrogens (tertiary/aromatic N) is 2. The Balaban J connectivity index is 1.64. The van der Waals surface area contributed by atoms with Crippen LogP contribution in [0.5, 0.6) is 0 Å². The number of para-hydroxylation sites is 2. The van der Waals surface area contributed by atoms with Crippen LogP contribution in [0.1, 0.15) is 26.7 Å². The van der Waals surface area contributed by atoms with Gasteiger partial charge in [-0.2, -0.15) is 10.2 Å². The molecule has 2 atom stereocenters. The molecular weight excluding hydrogens is 296 g/mol. The highest BCUT2D eigenvalue weighted by molar-refractivity contribution is 6.01. The SMILES string of the molecule is CC1/C(=N\Nc2ccccc2)CC/C(=N\Nc2ccccc2)C1C. The molecule has 0 aliphatic heterocycles. The monoisotopic (exact) mass is 320 g/mol. The number of hydrazone groups is 2. The third-order valence-corrected chi connectivity index (χ3v) is 4.64. The third kappa shape index (κ3) is 4.02. The van der Waals surface area contributed by atoms with Crippen LogP contribution in [0.3, 0.4) is 0 Å². The van der Waals surface area contributed by atoms with E-state index in [4.69, 9.17) is 0 Å². The summed E-state index contributed by atoms with van der Waals surface area (Å²) in [6, 6.07) is 20.2. The van der Waals surface area contributed by atoms with Crippen molar-refractivity contribution >= 4 is 22.8 Å². The van der Waals surface area contributed by atoms with Gasteiger partial charge in [0.1, 0.15) is 0 Å². The van der Waals surface area contributed by atoms with Crippen molar-refractivity contribution in [3.63, 3.8) is 0 Å². The first kappa shape index (κ1) is 16.2. The molecule has 0 radical (unpaired) electrons. The lowest BCUT2D eigenvalue weighted by molar-refractivity contribution is 0.579. The smallest absolute Gasteiger partial charge is 0.0561 e. The normalized spacial score (nSPS) is 24.1. The molecule has 0 saturated heterocycles. The second-order valence-electron chi connectivity index (χ2n) is 6.24. The Labute approximate surface area is 143 Å². The molecule has 124 valence electrons. The first-order valence-electron chi connectivity index (χ1n) is 8.49. The van der Waals surface area contributed by atoms with Gasteiger partial charge >= 0.3 is 0 Å². The number of nitrogens with one attached hydrogen (secondary N) is 2. The second kappa shape index (κ2) is 7.77. The zero-order valence-electron chi connectivity index (χ0n) is 14.2. The molecule has 1 aliphatic carbocycles. The standard InChI is InChI=1S/C20H24N4/c1-15-16(2)20(24-22-18-11-7-4-8-12-18)14-13-19(15)23-21-17-9-5-3-6-10-17/h3-12,15-16,21-22H,13-14H2,1-2H3/b23-19-,24-20+. The molecule has 24 heavy (non-hydrogen) atoms. The molecule has 2 aromatic carbocycles. The number of anilines is 2. The summed E-state index contributed by atoms with van der Waals surface area (Å²) < 4.78 is 0. The van der Waals surface area contributed by atoms with Gasteiger partial charge in [-0.05, 0) is 37.1 Å². The van der Waals surface area contributed by atoms with E-state index in [1.165, 1.54) is 11.4 Å². The third-order valence-electron chi connectivity index (χ3n) is 4.64. The summed E-state index contributed by atoms with van der Waals surface area (Å²) in [5.41, 5.74) is 10.8. The summed E-state index contributed by atoms with van der Waals surface area (Å²) in [5.74, 6) is 0.762. The van der Waals surface area contributed by atoms with Gasteiger partial charge in [0.25, 0.3) is 0 Å². The molecule has 1 fully saturated rings. The van der Waals surface area contributed by atoms with Gasteiger partial charge in [0.2, 0.25) is 0 Å². The quantitative estimate of drug-likeness (QED) is 0.780. The molecule has 1 saturated carbocycles. The number of hydrogen-bond acceptors (Lipinski definition) is 4. The van der Waals surface area contributed by atoms with Crippen LogP contribution in [0.25, 0.3) is 0 Å². The summed E-state index contributed by atoms with van der Waals surface area (Å²) in [5, 5.41) is 9.26. The highest BCUT2D eigenvalue weighted by Crippen LogP contribution is 2.26. The molecule has 2 unspecified atom stereocenters. The Morgan fingerprint density at radius 3 is 1.42 bits per heavy atom. The van der Waals surface area contributed by atoms with Gasteiger partial charge in [0, 0.05) is 23.3 Å². The average molecular weight is 320 g/mol. The van der Waals surface area contributed by atoms with E-state index in [2.05, 4.69) is 34.9 Å². The van der Waals surface area contributed by atoms with Gasteiger partial charge in [-0.3, -0.25) is 10.9 Å². The molecule has 0 spiro atoms. The molecule has 2 N–H and O–H groups in total. The topological polar surface area (TPSA) is 48.8 Å². The molecule has 0 bridgehead atoms. The molecule has 0 heterocycles. The number of hydrogen-bond donors (Lipinski definition) is 2. The molecule has 4 nitrogen and oxygen atoms in total. The van der Waals surface area contributed by atoms with Gasteiger partial charge in [0.05, 0.1) is 11.4 Å². The van der Waals surface area contributed by atoms with E-state index in [-0.39, 0.29) is 0 Å². The van der Waals surface area contributed by atoms with Gasteiger partial charge in [-0.25, -0.2) is 0 Å². The van der Waals surface area contributed by atoms with Gasteiger partial charge < -0.3 is 0 Å². The van der Waals surface area contributed by atoms with E-state index in [9.17, 15) is 0 Å². The predicted molar refractivity (Wildman–Crippen MR) is 103 cm³/mol. The zero-order chi connectivity index (χ0) is 16.8. The van der Waals surface area contributed by atoms with E-state index in [1.54, 1.807) is 0 Å². The van der Waals surface area contributed by atoms with Crippen molar-refractivity contribution in [3.8, 4) is 0 Å². The Morgan fingerprint density at radius 2 is 1.04 bits per heavy atom. The second-order valence-corrected chi connectivity index (χ2v) is 6.24. The minimum absolute atomic E-state index is 0.381. The lowest BCUT2D eigenvalue weighted by Crippen LogP contribution is -2.33. The van der Waals surface area contributed by atoms with E-state index in [0.717, 1.165) is 24.2 Å². The molecule has 1 aliphatic rings. The van der Waals surface area contributed by atoms with Crippen LogP contribution in [-0.4, -0.2) is 11.4 Å². The Morgan fingerprint density at radius 1 is 0.667 bits per heavy atom. The minimum Gasteiger partial charge on any atom is -0.279 e. The zero-order valence-corrected chi connectivity index (χ0v) is 14.2. The maximum atomic E-state index is 4.63. The van der Waals surface area contributed by atoms with Crippen molar-refractivity contribution in [2.24, 2.45) is 22.0 Å². The van der Waals surface area contributed by atoms with Crippen LogP contribution in [-0.2, 0) is 0 Å². The molecule has 4 heteroatoms. The molecular formula is C20H24N4. The van der Waals surface area contributed by atoms with Crippen LogP contribution in [0.2, 0.25) is 0 Å². The number of benzene rings is 2. The Bertz CT molecular complexity index is 643. The van der Waals surface area contributed by atoms with Crippen LogP contribution < -0.4 is 10.9 Å². The molecule has 0 amide bonds. The summed E-state index contributed by atoms with van der Waals surface area (Å²) in [4.78, 5) is 0. The van der Waals surface area contributed by atoms with Gasteiger partial charge in [-0.15, -0.1) is 0 Å². The van der Waals surface area contributed by atoms with Crippen LogP contribution in [0.4, 0.5) is 11.4 Å². The van der Waals surface area contributed by atoms with E-state index in [1.807, 2.05) is 60.7 Å². The van der Waals surface area contributed by atoms with Crippen LogP contribution in [0.15, 0.2) is 70.9 Å². The van der Waals surface area contributed by atoms with Crippen molar-refractivity contribution < 1.29 is 0 Å². The first-order chi connectivity index (χ1) is 11.7. The van der Waals surface area contributed by atoms with Crippen molar-refractivity contribution in [2.75, 3.05) is 10.9 Å². The van der Waals surface area contributed by atoms with Gasteiger partial charge in [-0.1, -0.05) is 50.2 Å². The maximum Gasteiger partial charge on any atom is 0.0561 e. The van der Waals surface area contributed by atoms with E-state index < -0.39 is 0 Å². The molecule has 2 aromatic rings. The Hall–Kier alpha value is -2.62. The minimum atomic E-state index is 0.381. The van der Waals surface area contributed by atoms with E-state index in [0.29, 0.717) is 11.8 Å². The van der Waals surface area contributed by atoms with Crippen molar-refractivity contribution in [1.29, 1.82) is 0 Å². The van der Waals surface area contributed by atoms with Crippen molar-refractivity contribution in [2.45, 2.75) is 26.7 Å². The largest absolute Gasteiger partial charge is 0.279 e. The summed E-state index contributed by atoms with van der Waals surface area (Å²) in [6.45, 7) is 4.46. The highest BCUT2D eigenvalue weighted by atomic mass is 15.3. The lowest BCUT2D eigenvalue weighted by atomic mass is 9.79. The predicted octanol–water partition coefficient (Wildman–Crippen LogP) is 4.99. The molecule has 0 aromatic heterocycles. The lowest BCUT2D eigenvalue weighted by Gasteiger charge is -2.29. The number of rotatable bonds is 4.